The summed E-state index contributed by atoms with van der Waals surface area (Å²) in [6.07, 6.45) is 3.41. The number of amides is 3. The molecular formula is C37H47FN4O4. The fraction of sp³-hybridized carbons (Fsp3) is 0.378. The normalized spacial score (nSPS) is 13.6. The van der Waals surface area contributed by atoms with Gasteiger partial charge in [0, 0.05) is 39.0 Å². The van der Waals surface area contributed by atoms with Crippen LogP contribution in [0.3, 0.4) is 0 Å². The van der Waals surface area contributed by atoms with Crippen molar-refractivity contribution in [2.24, 2.45) is 0 Å². The predicted molar refractivity (Wildman–Crippen MR) is 180 cm³/mol. The van der Waals surface area contributed by atoms with Crippen molar-refractivity contribution < 1.29 is 23.9 Å². The molecule has 3 aromatic carbocycles. The van der Waals surface area contributed by atoms with Crippen molar-refractivity contribution in [3.05, 3.63) is 108 Å². The van der Waals surface area contributed by atoms with Crippen molar-refractivity contribution in [2.45, 2.75) is 63.8 Å². The van der Waals surface area contributed by atoms with Crippen LogP contribution in [0.5, 0.6) is 0 Å². The quantitative estimate of drug-likeness (QED) is 0.217. The van der Waals surface area contributed by atoms with Gasteiger partial charge in [0.1, 0.15) is 17.9 Å². The molecule has 0 aliphatic rings. The number of hydrogen-bond acceptors (Lipinski definition) is 5. The Morgan fingerprint density at radius 3 is 1.96 bits per heavy atom. The summed E-state index contributed by atoms with van der Waals surface area (Å²) >= 11 is 0. The van der Waals surface area contributed by atoms with Crippen LogP contribution in [0.1, 0.15) is 38.3 Å². The number of rotatable bonds is 15. The molecule has 0 unspecified atom stereocenters. The van der Waals surface area contributed by atoms with Crippen molar-refractivity contribution in [1.82, 2.24) is 20.4 Å². The molecule has 3 atom stereocenters. The van der Waals surface area contributed by atoms with Gasteiger partial charge in [0.25, 0.3) is 0 Å². The zero-order valence-electron chi connectivity index (χ0n) is 27.7. The topological polar surface area (TPSA) is 102 Å². The second-order valence-corrected chi connectivity index (χ2v) is 12.4. The molecule has 0 fully saturated rings. The van der Waals surface area contributed by atoms with Crippen LogP contribution < -0.4 is 10.6 Å². The summed E-state index contributed by atoms with van der Waals surface area (Å²) in [7, 11) is 4.98. The number of halogens is 1. The maximum Gasteiger partial charge on any atom is 0.246 e. The number of benzene rings is 3. The van der Waals surface area contributed by atoms with Crippen LogP contribution in [0.15, 0.2) is 91.0 Å². The van der Waals surface area contributed by atoms with Crippen molar-refractivity contribution in [2.75, 3.05) is 27.7 Å². The molecule has 9 heteroatoms. The van der Waals surface area contributed by atoms with Gasteiger partial charge in [0.2, 0.25) is 17.7 Å². The zero-order valence-corrected chi connectivity index (χ0v) is 27.7. The number of aliphatic hydroxyl groups is 1. The maximum absolute atomic E-state index is 14.3. The van der Waals surface area contributed by atoms with Gasteiger partial charge in [-0.1, -0.05) is 72.8 Å². The van der Waals surface area contributed by atoms with E-state index in [1.807, 2.05) is 75.5 Å². The third-order valence-corrected chi connectivity index (χ3v) is 8.19. The number of carbonyl (C=O) groups is 3. The fourth-order valence-corrected chi connectivity index (χ4v) is 4.91. The van der Waals surface area contributed by atoms with Crippen LogP contribution in [0, 0.1) is 5.82 Å². The summed E-state index contributed by atoms with van der Waals surface area (Å²) in [5, 5.41) is 15.7. The molecule has 3 rings (SSSR count). The molecule has 8 nitrogen and oxygen atoms in total. The molecular weight excluding hydrogens is 583 g/mol. The summed E-state index contributed by atoms with van der Waals surface area (Å²) in [4.78, 5) is 43.9. The van der Waals surface area contributed by atoms with Crippen molar-refractivity contribution in [3.8, 4) is 11.1 Å². The van der Waals surface area contributed by atoms with Crippen molar-refractivity contribution in [3.63, 3.8) is 0 Å². The first-order valence-corrected chi connectivity index (χ1v) is 15.5. The van der Waals surface area contributed by atoms with E-state index < -0.39 is 35.8 Å². The number of nitrogens with zero attached hydrogens (tertiary/aromatic N) is 2. The highest BCUT2D eigenvalue weighted by Crippen LogP contribution is 2.22. The third kappa shape index (κ3) is 10.6. The fourth-order valence-electron chi connectivity index (χ4n) is 4.91. The lowest BCUT2D eigenvalue weighted by Crippen LogP contribution is -2.56. The van der Waals surface area contributed by atoms with Gasteiger partial charge in [-0.2, -0.15) is 0 Å². The van der Waals surface area contributed by atoms with Gasteiger partial charge >= 0.3 is 0 Å². The Kier molecular flexibility index (Phi) is 13.2. The molecule has 0 radical (unpaired) electrons. The highest BCUT2D eigenvalue weighted by molar-refractivity contribution is 5.95. The molecule has 0 spiro atoms. The molecule has 0 aromatic heterocycles. The van der Waals surface area contributed by atoms with E-state index >= 15 is 0 Å². The molecule has 0 aliphatic heterocycles. The first-order valence-electron chi connectivity index (χ1n) is 15.5. The Morgan fingerprint density at radius 2 is 1.39 bits per heavy atom. The van der Waals surface area contributed by atoms with Crippen LogP contribution in [0.25, 0.3) is 11.1 Å². The Labute approximate surface area is 272 Å². The molecule has 0 saturated carbocycles. The summed E-state index contributed by atoms with van der Waals surface area (Å²) in [6.45, 7) is 5.60. The van der Waals surface area contributed by atoms with Gasteiger partial charge in [-0.3, -0.25) is 14.4 Å². The summed E-state index contributed by atoms with van der Waals surface area (Å²) in [5.41, 5.74) is 3.39. The van der Waals surface area contributed by atoms with Gasteiger partial charge in [-0.05, 0) is 74.7 Å². The number of hydrogen-bond donors (Lipinski definition) is 3. The standard InChI is InChI=1S/C37H47FN4O4/c1-26(43)25-40-35(45)32(23-28-16-20-31(38)21-17-28)42(6)36(46)33(41(5)34(44)13-10-22-37(2,3)39-4)24-27-14-18-30(19-15-27)29-11-8-7-9-12-29/h7-21,26,32-33,39,43H,22-25H2,1-6H3,(H,40,45)/b13-10+/t26-,32-,33-/m1/s1. The average Bonchev–Trinajstić information content (AvgIpc) is 3.05. The maximum atomic E-state index is 14.3. The lowest BCUT2D eigenvalue weighted by Gasteiger charge is -2.34. The van der Waals surface area contributed by atoms with Gasteiger partial charge in [0.05, 0.1) is 6.10 Å². The van der Waals surface area contributed by atoms with E-state index in [1.165, 1.54) is 35.1 Å². The minimum atomic E-state index is -0.977. The summed E-state index contributed by atoms with van der Waals surface area (Å²) in [5.74, 6) is -1.64. The molecule has 246 valence electrons. The number of carbonyl (C=O) groups excluding carboxylic acids is 3. The Bertz CT molecular complexity index is 1460. The second-order valence-electron chi connectivity index (χ2n) is 12.4. The van der Waals surface area contributed by atoms with Crippen molar-refractivity contribution >= 4 is 17.7 Å². The first kappa shape index (κ1) is 36.1. The van der Waals surface area contributed by atoms with E-state index in [2.05, 4.69) is 10.6 Å². The molecule has 0 aliphatic carbocycles. The third-order valence-electron chi connectivity index (χ3n) is 8.19. The summed E-state index contributed by atoms with van der Waals surface area (Å²) < 4.78 is 13.6. The van der Waals surface area contributed by atoms with Crippen LogP contribution in [-0.2, 0) is 27.2 Å². The smallest absolute Gasteiger partial charge is 0.246 e. The Morgan fingerprint density at radius 1 is 0.848 bits per heavy atom. The van der Waals surface area contributed by atoms with E-state index in [1.54, 1.807) is 32.2 Å². The second kappa shape index (κ2) is 16.8. The van der Waals surface area contributed by atoms with Gasteiger partial charge in [0.15, 0.2) is 0 Å². The molecule has 46 heavy (non-hydrogen) atoms. The van der Waals surface area contributed by atoms with E-state index in [-0.39, 0.29) is 30.8 Å². The number of nitrogens with one attached hydrogen (secondary N) is 2. The van der Waals surface area contributed by atoms with Gasteiger partial charge < -0.3 is 25.5 Å². The minimum absolute atomic E-state index is 0.00409. The zero-order chi connectivity index (χ0) is 33.9. The average molecular weight is 631 g/mol. The largest absolute Gasteiger partial charge is 0.392 e. The predicted octanol–water partition coefficient (Wildman–Crippen LogP) is 4.37. The molecule has 3 N–H and O–H groups in total. The molecule has 0 heterocycles. The SMILES string of the molecule is CNC(C)(C)C/C=C/C(=O)N(C)[C@H](Cc1ccc(-c2ccccc2)cc1)C(=O)N(C)[C@H](Cc1ccc(F)cc1)C(=O)NC[C@@H](C)O. The number of aliphatic hydroxyl groups excluding tert-OH is 1. The lowest BCUT2D eigenvalue weighted by atomic mass is 9.98. The van der Waals surface area contributed by atoms with Crippen LogP contribution in [0.4, 0.5) is 4.39 Å². The van der Waals surface area contributed by atoms with Crippen LogP contribution >= 0.6 is 0 Å². The highest BCUT2D eigenvalue weighted by atomic mass is 19.1. The minimum Gasteiger partial charge on any atom is -0.392 e. The lowest BCUT2D eigenvalue weighted by molar-refractivity contribution is -0.146. The van der Waals surface area contributed by atoms with E-state index in [0.29, 0.717) is 12.0 Å². The van der Waals surface area contributed by atoms with Gasteiger partial charge in [-0.25, -0.2) is 4.39 Å². The molecule has 0 bridgehead atoms. The number of likely N-dealkylation sites (N-methyl/N-ethyl adjacent to an activating group) is 2. The molecule has 0 saturated heterocycles. The monoisotopic (exact) mass is 630 g/mol. The van der Waals surface area contributed by atoms with E-state index in [0.717, 1.165) is 16.7 Å². The highest BCUT2D eigenvalue weighted by Gasteiger charge is 2.35. The van der Waals surface area contributed by atoms with Crippen LogP contribution in [0.2, 0.25) is 0 Å². The van der Waals surface area contributed by atoms with Crippen molar-refractivity contribution in [1.29, 1.82) is 0 Å². The molecule has 3 amide bonds. The van der Waals surface area contributed by atoms with E-state index in [4.69, 9.17) is 0 Å². The summed E-state index contributed by atoms with van der Waals surface area (Å²) in [6, 6.07) is 21.6. The van der Waals surface area contributed by atoms with Crippen LogP contribution in [-0.4, -0.2) is 84.0 Å². The molecule has 3 aromatic rings. The Balaban J connectivity index is 1.93. The van der Waals surface area contributed by atoms with E-state index in [9.17, 15) is 23.9 Å². The first-order chi connectivity index (χ1) is 21.8. The Hall–Kier alpha value is -4.34. The van der Waals surface area contributed by atoms with Gasteiger partial charge in [-0.15, -0.1) is 0 Å².